The number of benzene rings is 1. The van der Waals surface area contributed by atoms with Gasteiger partial charge in [0.1, 0.15) is 12.1 Å². The van der Waals surface area contributed by atoms with E-state index in [1.165, 1.54) is 6.20 Å². The van der Waals surface area contributed by atoms with Crippen LogP contribution in [0.1, 0.15) is 117 Å². The van der Waals surface area contributed by atoms with E-state index < -0.39 is 11.9 Å². The molecule has 0 spiro atoms. The Morgan fingerprint density at radius 2 is 1.55 bits per heavy atom. The van der Waals surface area contributed by atoms with Gasteiger partial charge in [0.2, 0.25) is 17.7 Å². The third kappa shape index (κ3) is 16.7. The number of hydrogen-bond acceptors (Lipinski definition) is 8. The molecule has 9 N–H and O–H groups in total. The predicted octanol–water partition coefficient (Wildman–Crippen LogP) is 3.19. The first kappa shape index (κ1) is 42.8. The van der Waals surface area contributed by atoms with Gasteiger partial charge >= 0.3 is 0 Å². The molecule has 0 saturated carbocycles. The van der Waals surface area contributed by atoms with Gasteiger partial charge < -0.3 is 31.8 Å². The molecule has 1 aromatic carbocycles. The highest BCUT2D eigenvalue weighted by Gasteiger charge is 2.25. The number of primary amides is 1. The van der Waals surface area contributed by atoms with Crippen molar-refractivity contribution in [2.24, 2.45) is 16.9 Å². The first-order valence-electron chi connectivity index (χ1n) is 17.6. The number of nitrogens with two attached hydrogens (primary N) is 2. The van der Waals surface area contributed by atoms with Gasteiger partial charge in [0, 0.05) is 55.6 Å². The SMILES string of the molecule is CCN(CCNNC(=O)CCCCCCCCCC(=O)N[C@H](C=O)C(C)(C)C)C(=N)C=CC(C)=c1cc(NC(C)C)c(=CN)c(C(N)=O)c1. The smallest absolute Gasteiger partial charge is 0.249 e. The first-order chi connectivity index (χ1) is 23.1. The fourth-order valence-corrected chi connectivity index (χ4v) is 5.12. The van der Waals surface area contributed by atoms with Gasteiger partial charge in [-0.3, -0.25) is 25.2 Å². The topological polar surface area (TPSA) is 196 Å². The zero-order chi connectivity index (χ0) is 37.0. The second-order valence-corrected chi connectivity index (χ2v) is 13.8. The molecule has 0 aromatic heterocycles. The number of amides is 3. The number of aldehydes is 1. The van der Waals surface area contributed by atoms with Crippen LogP contribution in [0.25, 0.3) is 11.8 Å². The Labute approximate surface area is 293 Å². The molecule has 1 aromatic rings. The zero-order valence-corrected chi connectivity index (χ0v) is 30.8. The number of nitrogens with one attached hydrogen (secondary N) is 5. The molecule has 12 heteroatoms. The van der Waals surface area contributed by atoms with Crippen molar-refractivity contribution >= 4 is 47.3 Å². The van der Waals surface area contributed by atoms with Crippen molar-refractivity contribution in [3.63, 3.8) is 0 Å². The number of nitrogens with zero attached hydrogens (tertiary/aromatic N) is 1. The highest BCUT2D eigenvalue weighted by Crippen LogP contribution is 2.18. The molecule has 0 radical (unpaired) electrons. The Hall–Kier alpha value is -4.19. The summed E-state index contributed by atoms with van der Waals surface area (Å²) in [4.78, 5) is 49.6. The van der Waals surface area contributed by atoms with Crippen LogP contribution in [-0.4, -0.2) is 66.5 Å². The van der Waals surface area contributed by atoms with Gasteiger partial charge in [-0.2, -0.15) is 0 Å². The van der Waals surface area contributed by atoms with Gasteiger partial charge in [-0.1, -0.05) is 59.0 Å². The summed E-state index contributed by atoms with van der Waals surface area (Å²) in [6.07, 6.45) is 13.3. The molecule has 0 aliphatic heterocycles. The quantitative estimate of drug-likeness (QED) is 0.0318. The Morgan fingerprint density at radius 1 is 0.959 bits per heavy atom. The molecule has 1 rings (SSSR count). The summed E-state index contributed by atoms with van der Waals surface area (Å²) < 4.78 is 0. The summed E-state index contributed by atoms with van der Waals surface area (Å²) in [5.74, 6) is -0.374. The number of amidine groups is 1. The molecule has 274 valence electrons. The number of anilines is 1. The van der Waals surface area contributed by atoms with E-state index in [1.54, 1.807) is 12.1 Å². The summed E-state index contributed by atoms with van der Waals surface area (Å²) in [6, 6.07) is 3.29. The summed E-state index contributed by atoms with van der Waals surface area (Å²) in [6.45, 7) is 15.3. The number of rotatable bonds is 22. The highest BCUT2D eigenvalue weighted by molar-refractivity contribution is 5.95. The van der Waals surface area contributed by atoms with E-state index in [0.29, 0.717) is 54.8 Å². The Balaban J connectivity index is 2.41. The number of allylic oxidation sites excluding steroid dienone is 1. The van der Waals surface area contributed by atoms with Gasteiger partial charge in [0.05, 0.1) is 11.6 Å². The fraction of sp³-hybridized carbons (Fsp3) is 0.595. The summed E-state index contributed by atoms with van der Waals surface area (Å²) >= 11 is 0. The molecular formula is C37H62N8O4. The van der Waals surface area contributed by atoms with E-state index >= 15 is 0 Å². The number of likely N-dealkylation sites (N-methyl/N-ethyl adjacent to an activating group) is 1. The van der Waals surface area contributed by atoms with Gasteiger partial charge in [-0.05, 0) is 75.0 Å². The Kier molecular flexibility index (Phi) is 19.6. The number of carbonyl (C=O) groups is 4. The number of hydrazine groups is 1. The minimum atomic E-state index is -0.568. The van der Waals surface area contributed by atoms with Crippen LogP contribution >= 0.6 is 0 Å². The van der Waals surface area contributed by atoms with Crippen LogP contribution in [0.15, 0.2) is 24.3 Å². The van der Waals surface area contributed by atoms with Crippen molar-refractivity contribution in [2.45, 2.75) is 118 Å². The van der Waals surface area contributed by atoms with Crippen LogP contribution in [0, 0.1) is 10.8 Å². The molecule has 49 heavy (non-hydrogen) atoms. The maximum atomic E-state index is 12.2. The van der Waals surface area contributed by atoms with Gasteiger partial charge in [0.25, 0.3) is 0 Å². The van der Waals surface area contributed by atoms with Crippen LogP contribution in [0.3, 0.4) is 0 Å². The summed E-state index contributed by atoms with van der Waals surface area (Å²) in [7, 11) is 0. The molecule has 1 atom stereocenters. The third-order valence-electron chi connectivity index (χ3n) is 8.15. The van der Waals surface area contributed by atoms with E-state index in [-0.39, 0.29) is 23.3 Å². The van der Waals surface area contributed by atoms with Crippen molar-refractivity contribution in [3.8, 4) is 0 Å². The molecule has 12 nitrogen and oxygen atoms in total. The van der Waals surface area contributed by atoms with Crippen molar-refractivity contribution in [1.29, 1.82) is 5.41 Å². The van der Waals surface area contributed by atoms with E-state index in [0.717, 1.165) is 62.0 Å². The summed E-state index contributed by atoms with van der Waals surface area (Å²) in [5.41, 5.74) is 18.8. The molecule has 3 amide bonds. The molecule has 0 bridgehead atoms. The lowest BCUT2D eigenvalue weighted by Gasteiger charge is -2.26. The second kappa shape index (κ2) is 22.4. The van der Waals surface area contributed by atoms with Crippen LogP contribution in [0.4, 0.5) is 5.69 Å². The molecule has 0 unspecified atom stereocenters. The lowest BCUT2D eigenvalue weighted by Crippen LogP contribution is -2.44. The van der Waals surface area contributed by atoms with Crippen molar-refractivity contribution in [2.75, 3.05) is 25.0 Å². The zero-order valence-electron chi connectivity index (χ0n) is 30.8. The van der Waals surface area contributed by atoms with Gasteiger partial charge in [-0.15, -0.1) is 0 Å². The third-order valence-corrected chi connectivity index (χ3v) is 8.15. The maximum Gasteiger partial charge on any atom is 0.249 e. The molecule has 0 fully saturated rings. The number of carbonyl (C=O) groups excluding carboxylic acids is 4. The van der Waals surface area contributed by atoms with Gasteiger partial charge in [0.15, 0.2) is 0 Å². The molecule has 0 aliphatic carbocycles. The first-order valence-corrected chi connectivity index (χ1v) is 17.6. The van der Waals surface area contributed by atoms with E-state index in [4.69, 9.17) is 16.9 Å². The van der Waals surface area contributed by atoms with Crippen molar-refractivity contribution < 1.29 is 19.2 Å². The average molecular weight is 683 g/mol. The number of unbranched alkanes of at least 4 members (excludes halogenated alkanes) is 6. The lowest BCUT2D eigenvalue weighted by molar-refractivity contribution is -0.125. The van der Waals surface area contributed by atoms with E-state index in [1.807, 2.05) is 65.5 Å². The highest BCUT2D eigenvalue weighted by atomic mass is 16.2. The molecular weight excluding hydrogens is 620 g/mol. The largest absolute Gasteiger partial charge is 0.404 e. The molecule has 0 heterocycles. The van der Waals surface area contributed by atoms with Crippen molar-refractivity contribution in [1.82, 2.24) is 21.1 Å². The maximum absolute atomic E-state index is 12.2. The molecule has 0 aliphatic rings. The van der Waals surface area contributed by atoms with Crippen LogP contribution in [-0.2, 0) is 14.4 Å². The van der Waals surface area contributed by atoms with E-state index in [2.05, 4.69) is 21.5 Å². The summed E-state index contributed by atoms with van der Waals surface area (Å²) in [5, 5.41) is 16.0. The minimum absolute atomic E-state index is 0.0574. The Bertz CT molecular complexity index is 1400. The van der Waals surface area contributed by atoms with E-state index in [9.17, 15) is 19.2 Å². The van der Waals surface area contributed by atoms with Crippen LogP contribution < -0.4 is 43.4 Å². The average Bonchev–Trinajstić information content (AvgIpc) is 3.03. The fourth-order valence-electron chi connectivity index (χ4n) is 5.12. The van der Waals surface area contributed by atoms with Crippen molar-refractivity contribution in [3.05, 3.63) is 40.3 Å². The Morgan fingerprint density at radius 3 is 2.06 bits per heavy atom. The monoisotopic (exact) mass is 682 g/mol. The van der Waals surface area contributed by atoms with Gasteiger partial charge in [-0.25, -0.2) is 5.43 Å². The van der Waals surface area contributed by atoms with Crippen LogP contribution in [0.2, 0.25) is 0 Å². The predicted molar refractivity (Wildman–Crippen MR) is 200 cm³/mol. The standard InChI is InChI=1S/C37H62N8O4/c1-8-45(33(39)19-18-27(4)28-22-29(36(40)49)30(24-38)31(23-28)42-26(2)3)21-20-41-44-35(48)17-15-13-11-9-10-12-14-16-34(47)43-32(25-46)37(5,6)7/h18-19,22-26,32,39,41-42H,8-17,20-21,38H2,1-7H3,(H2,40,49)(H,43,47)(H,44,48)/t32-/m1/s1. The second-order valence-electron chi connectivity index (χ2n) is 13.8. The minimum Gasteiger partial charge on any atom is -0.404 e. The molecule has 0 saturated heterocycles. The number of hydrogen-bond donors (Lipinski definition) is 7. The van der Waals surface area contributed by atoms with Crippen LogP contribution in [0.5, 0.6) is 0 Å². The lowest BCUT2D eigenvalue weighted by atomic mass is 9.87. The normalized spacial score (nSPS) is 13.3.